The van der Waals surface area contributed by atoms with E-state index in [4.69, 9.17) is 13.8 Å². The molecule has 3 rings (SSSR count). The highest BCUT2D eigenvalue weighted by atomic mass is 16.5. The predicted molar refractivity (Wildman–Crippen MR) is 74.2 cm³/mol. The van der Waals surface area contributed by atoms with Crippen LogP contribution in [0.2, 0.25) is 0 Å². The maximum absolute atomic E-state index is 12.1. The summed E-state index contributed by atoms with van der Waals surface area (Å²) in [6.45, 7) is 2.28. The van der Waals surface area contributed by atoms with Gasteiger partial charge in [-0.3, -0.25) is 4.79 Å². The Morgan fingerprint density at radius 1 is 1.45 bits per heavy atom. The number of hydrogen-bond donors (Lipinski definition) is 1. The highest BCUT2D eigenvalue weighted by molar-refractivity contribution is 5.91. The van der Waals surface area contributed by atoms with Gasteiger partial charge in [-0.1, -0.05) is 10.3 Å². The Morgan fingerprint density at radius 3 is 3.00 bits per heavy atom. The molecule has 0 aliphatic heterocycles. The minimum atomic E-state index is -0.411. The minimum absolute atomic E-state index is 0.202. The van der Waals surface area contributed by atoms with Crippen LogP contribution in [0, 0.1) is 0 Å². The lowest BCUT2D eigenvalue weighted by molar-refractivity contribution is 0.0895. The molecule has 0 saturated heterocycles. The van der Waals surface area contributed by atoms with E-state index in [0.29, 0.717) is 30.7 Å². The number of rotatable bonds is 7. The number of carbonyl (C=O) groups excluding carboxylic acids is 1. The third-order valence-electron chi connectivity index (χ3n) is 3.48. The third kappa shape index (κ3) is 3.33. The average molecular weight is 306 g/mol. The Bertz CT molecular complexity index is 647. The number of carbonyl (C=O) groups is 1. The molecule has 2 aromatic rings. The lowest BCUT2D eigenvalue weighted by atomic mass is 10.2. The van der Waals surface area contributed by atoms with Crippen molar-refractivity contribution >= 4 is 5.91 Å². The number of ether oxygens (including phenoxy) is 1. The van der Waals surface area contributed by atoms with Crippen molar-refractivity contribution in [3.63, 3.8) is 0 Å². The van der Waals surface area contributed by atoms with E-state index in [-0.39, 0.29) is 11.7 Å². The summed E-state index contributed by atoms with van der Waals surface area (Å²) in [6.07, 6.45) is 2.78. The number of amides is 1. The van der Waals surface area contributed by atoms with Crippen LogP contribution in [0.5, 0.6) is 0 Å². The molecule has 1 saturated carbocycles. The van der Waals surface area contributed by atoms with Gasteiger partial charge in [-0.05, 0) is 19.8 Å². The van der Waals surface area contributed by atoms with Crippen LogP contribution in [0.15, 0.2) is 15.1 Å². The van der Waals surface area contributed by atoms with Gasteiger partial charge in [0.05, 0.1) is 12.3 Å². The van der Waals surface area contributed by atoms with Crippen LogP contribution in [-0.4, -0.2) is 34.9 Å². The van der Waals surface area contributed by atoms with Crippen molar-refractivity contribution in [3.8, 4) is 0 Å². The van der Waals surface area contributed by atoms with E-state index in [9.17, 15) is 4.79 Å². The zero-order valence-corrected chi connectivity index (χ0v) is 12.5. The number of aromatic nitrogens is 3. The summed E-state index contributed by atoms with van der Waals surface area (Å²) < 4.78 is 15.2. The first-order valence-electron chi connectivity index (χ1n) is 7.26. The van der Waals surface area contributed by atoms with Gasteiger partial charge in [0.25, 0.3) is 5.91 Å². The molecule has 118 valence electrons. The number of nitrogens with zero attached hydrogens (tertiary/aromatic N) is 3. The molecule has 1 atom stereocenters. The summed E-state index contributed by atoms with van der Waals surface area (Å²) in [4.78, 5) is 16.3. The SMILES string of the molecule is COCCc1noc(C(C)NC(=O)c2cc(C3CC3)no2)n1. The molecule has 1 aliphatic rings. The highest BCUT2D eigenvalue weighted by Gasteiger charge is 2.28. The Morgan fingerprint density at radius 2 is 2.27 bits per heavy atom. The summed E-state index contributed by atoms with van der Waals surface area (Å²) in [5.74, 6) is 1.20. The number of methoxy groups -OCH3 is 1. The number of nitrogens with one attached hydrogen (secondary N) is 1. The molecular weight excluding hydrogens is 288 g/mol. The van der Waals surface area contributed by atoms with E-state index in [0.717, 1.165) is 18.5 Å². The Labute approximate surface area is 127 Å². The Kier molecular flexibility index (Phi) is 4.19. The van der Waals surface area contributed by atoms with Crippen molar-refractivity contribution in [1.82, 2.24) is 20.6 Å². The van der Waals surface area contributed by atoms with Crippen LogP contribution >= 0.6 is 0 Å². The van der Waals surface area contributed by atoms with Crippen molar-refractivity contribution < 1.29 is 18.6 Å². The van der Waals surface area contributed by atoms with E-state index < -0.39 is 6.04 Å². The van der Waals surface area contributed by atoms with Crippen LogP contribution < -0.4 is 5.32 Å². The van der Waals surface area contributed by atoms with Gasteiger partial charge >= 0.3 is 0 Å². The van der Waals surface area contributed by atoms with Crippen LogP contribution in [-0.2, 0) is 11.2 Å². The van der Waals surface area contributed by atoms with Gasteiger partial charge in [0, 0.05) is 25.5 Å². The van der Waals surface area contributed by atoms with Gasteiger partial charge in [-0.15, -0.1) is 0 Å². The predicted octanol–water partition coefficient (Wildman–Crippen LogP) is 1.61. The van der Waals surface area contributed by atoms with Crippen molar-refractivity contribution in [1.29, 1.82) is 0 Å². The second kappa shape index (κ2) is 6.27. The molecule has 1 amide bonds. The van der Waals surface area contributed by atoms with Crippen LogP contribution in [0.3, 0.4) is 0 Å². The average Bonchev–Trinajstić information content (AvgIpc) is 3.05. The lowest BCUT2D eigenvalue weighted by Gasteiger charge is -2.07. The number of hydrogen-bond acceptors (Lipinski definition) is 7. The first-order chi connectivity index (χ1) is 10.7. The van der Waals surface area contributed by atoms with Gasteiger partial charge in [0.15, 0.2) is 5.82 Å². The first-order valence-corrected chi connectivity index (χ1v) is 7.26. The molecule has 2 aromatic heterocycles. The molecule has 1 aliphatic carbocycles. The fourth-order valence-electron chi connectivity index (χ4n) is 2.04. The molecule has 8 heteroatoms. The topological polar surface area (TPSA) is 103 Å². The van der Waals surface area contributed by atoms with E-state index in [2.05, 4.69) is 20.6 Å². The largest absolute Gasteiger partial charge is 0.384 e. The molecule has 0 aromatic carbocycles. The van der Waals surface area contributed by atoms with Gasteiger partial charge in [0.1, 0.15) is 6.04 Å². The zero-order valence-electron chi connectivity index (χ0n) is 12.5. The Balaban J connectivity index is 1.58. The summed E-state index contributed by atoms with van der Waals surface area (Å²) in [6, 6.07) is 1.28. The third-order valence-corrected chi connectivity index (χ3v) is 3.48. The smallest absolute Gasteiger partial charge is 0.290 e. The monoisotopic (exact) mass is 306 g/mol. The second-order valence-electron chi connectivity index (χ2n) is 5.38. The lowest BCUT2D eigenvalue weighted by Crippen LogP contribution is -2.26. The quantitative estimate of drug-likeness (QED) is 0.828. The molecular formula is C14H18N4O4. The maximum atomic E-state index is 12.1. The van der Waals surface area contributed by atoms with Crippen molar-refractivity contribution in [2.24, 2.45) is 0 Å². The van der Waals surface area contributed by atoms with Crippen LogP contribution in [0.1, 0.15) is 59.7 Å². The molecule has 0 spiro atoms. The maximum Gasteiger partial charge on any atom is 0.290 e. The van der Waals surface area contributed by atoms with Gasteiger partial charge in [-0.2, -0.15) is 4.98 Å². The Hall–Kier alpha value is -2.22. The molecule has 1 N–H and O–H groups in total. The van der Waals surface area contributed by atoms with Crippen molar-refractivity contribution in [3.05, 3.63) is 29.2 Å². The van der Waals surface area contributed by atoms with Crippen molar-refractivity contribution in [2.75, 3.05) is 13.7 Å². The minimum Gasteiger partial charge on any atom is -0.384 e. The fraction of sp³-hybridized carbons (Fsp3) is 0.571. The standard InChI is InChI=1S/C14H18N4O4/c1-8(14-16-12(18-22-14)5-6-20-2)15-13(19)11-7-10(17-21-11)9-3-4-9/h7-9H,3-6H2,1-2H3,(H,15,19). The van der Waals surface area contributed by atoms with E-state index in [1.54, 1.807) is 20.1 Å². The normalized spacial score (nSPS) is 15.7. The first kappa shape index (κ1) is 14.7. The molecule has 0 bridgehead atoms. The van der Waals surface area contributed by atoms with Gasteiger partial charge in [-0.25, -0.2) is 0 Å². The summed E-state index contributed by atoms with van der Waals surface area (Å²) >= 11 is 0. The highest BCUT2D eigenvalue weighted by Crippen LogP contribution is 2.39. The molecule has 0 radical (unpaired) electrons. The molecule has 2 heterocycles. The van der Waals surface area contributed by atoms with E-state index >= 15 is 0 Å². The van der Waals surface area contributed by atoms with Gasteiger partial charge in [0.2, 0.25) is 11.7 Å². The van der Waals surface area contributed by atoms with Crippen LogP contribution in [0.25, 0.3) is 0 Å². The van der Waals surface area contributed by atoms with Crippen molar-refractivity contribution in [2.45, 2.75) is 38.1 Å². The molecule has 1 unspecified atom stereocenters. The van der Waals surface area contributed by atoms with Crippen LogP contribution in [0.4, 0.5) is 0 Å². The van der Waals surface area contributed by atoms with Gasteiger partial charge < -0.3 is 19.1 Å². The van der Waals surface area contributed by atoms with E-state index in [1.807, 2.05) is 0 Å². The molecule has 8 nitrogen and oxygen atoms in total. The summed E-state index contributed by atoms with van der Waals surface area (Å²) in [5.41, 5.74) is 0.845. The molecule has 1 fully saturated rings. The fourth-order valence-corrected chi connectivity index (χ4v) is 2.04. The summed E-state index contributed by atoms with van der Waals surface area (Å²) in [5, 5.41) is 10.5. The van der Waals surface area contributed by atoms with E-state index in [1.165, 1.54) is 0 Å². The second-order valence-corrected chi connectivity index (χ2v) is 5.38. The summed E-state index contributed by atoms with van der Waals surface area (Å²) in [7, 11) is 1.61. The molecule has 22 heavy (non-hydrogen) atoms. The zero-order chi connectivity index (χ0) is 15.5.